The molecule has 2 saturated heterocycles. The number of benzene rings is 1. The van der Waals surface area contributed by atoms with E-state index in [0.717, 1.165) is 50.0 Å². The smallest absolute Gasteiger partial charge is 0.407 e. The molecule has 10 nitrogen and oxygen atoms in total. The van der Waals surface area contributed by atoms with E-state index < -0.39 is 12.0 Å². The Bertz CT molecular complexity index is 983. The molecule has 10 heteroatoms. The maximum atomic E-state index is 11.9. The summed E-state index contributed by atoms with van der Waals surface area (Å²) in [6.45, 7) is 2.82. The van der Waals surface area contributed by atoms with Gasteiger partial charge in [0, 0.05) is 38.5 Å². The summed E-state index contributed by atoms with van der Waals surface area (Å²) in [6.07, 6.45) is 4.06. The lowest BCUT2D eigenvalue weighted by molar-refractivity contribution is 0.0996. The van der Waals surface area contributed by atoms with Gasteiger partial charge in [0.25, 0.3) is 5.91 Å². The minimum Gasteiger partial charge on any atom is -0.465 e. The second-order valence-corrected chi connectivity index (χ2v) is 8.69. The molecule has 1 aromatic carbocycles. The molecule has 0 bridgehead atoms. The van der Waals surface area contributed by atoms with Crippen LogP contribution in [0.25, 0.3) is 0 Å². The van der Waals surface area contributed by atoms with E-state index in [9.17, 15) is 14.7 Å². The quantitative estimate of drug-likeness (QED) is 0.521. The van der Waals surface area contributed by atoms with Crippen molar-refractivity contribution in [3.05, 3.63) is 41.7 Å². The van der Waals surface area contributed by atoms with Gasteiger partial charge in [0.15, 0.2) is 11.5 Å². The molecule has 2 aromatic rings. The number of hydrogen-bond donors (Lipinski definition) is 4. The number of carbonyl (C=O) groups excluding carboxylic acids is 1. The van der Waals surface area contributed by atoms with Gasteiger partial charge >= 0.3 is 6.09 Å². The molecule has 4 rings (SSSR count). The summed E-state index contributed by atoms with van der Waals surface area (Å²) in [4.78, 5) is 35.5. The number of aliphatic hydroxyl groups excluding tert-OH is 1. The maximum Gasteiger partial charge on any atom is 0.407 e. The van der Waals surface area contributed by atoms with E-state index in [1.165, 1.54) is 4.90 Å². The zero-order valence-corrected chi connectivity index (χ0v) is 18.5. The van der Waals surface area contributed by atoms with E-state index in [-0.39, 0.29) is 12.3 Å². The number of aromatic nitrogens is 2. The van der Waals surface area contributed by atoms with Crippen LogP contribution in [0.4, 0.5) is 22.1 Å². The van der Waals surface area contributed by atoms with Crippen LogP contribution < -0.4 is 16.0 Å². The largest absolute Gasteiger partial charge is 0.465 e. The summed E-state index contributed by atoms with van der Waals surface area (Å²) in [6, 6.07) is 7.88. The van der Waals surface area contributed by atoms with E-state index in [2.05, 4.69) is 20.2 Å². The second-order valence-electron chi connectivity index (χ2n) is 8.69. The summed E-state index contributed by atoms with van der Waals surface area (Å²) < 4.78 is 0. The second kappa shape index (κ2) is 10.0. The summed E-state index contributed by atoms with van der Waals surface area (Å²) >= 11 is 0. The van der Waals surface area contributed by atoms with E-state index in [1.54, 1.807) is 6.20 Å². The van der Waals surface area contributed by atoms with Crippen molar-refractivity contribution in [2.24, 2.45) is 11.7 Å². The number of amides is 2. The van der Waals surface area contributed by atoms with Crippen molar-refractivity contribution in [1.29, 1.82) is 0 Å². The number of hydrogen-bond acceptors (Lipinski definition) is 7. The van der Waals surface area contributed by atoms with Crippen LogP contribution in [0.15, 0.2) is 30.5 Å². The molecule has 0 atom stereocenters. The molecule has 2 aliphatic heterocycles. The number of piperidine rings is 2. The summed E-state index contributed by atoms with van der Waals surface area (Å²) in [7, 11) is 0. The maximum absolute atomic E-state index is 11.9. The molecule has 2 amide bonds. The molecule has 176 valence electrons. The van der Waals surface area contributed by atoms with Gasteiger partial charge in [0.1, 0.15) is 5.82 Å². The highest BCUT2D eigenvalue weighted by molar-refractivity contribution is 5.96. The van der Waals surface area contributed by atoms with Crippen molar-refractivity contribution < 1.29 is 19.8 Å². The van der Waals surface area contributed by atoms with Crippen LogP contribution in [0.1, 0.15) is 47.7 Å². The molecule has 0 radical (unpaired) electrons. The van der Waals surface area contributed by atoms with Crippen LogP contribution in [0.3, 0.4) is 0 Å². The molecular weight excluding hydrogens is 424 g/mol. The Hall–Kier alpha value is -3.40. The van der Waals surface area contributed by atoms with Gasteiger partial charge in [0.05, 0.1) is 6.20 Å². The molecule has 0 spiro atoms. The van der Waals surface area contributed by atoms with Crippen LogP contribution in [0, 0.1) is 5.92 Å². The van der Waals surface area contributed by atoms with Gasteiger partial charge in [-0.15, -0.1) is 0 Å². The zero-order valence-electron chi connectivity index (χ0n) is 18.5. The fraction of sp³-hybridized carbons (Fsp3) is 0.478. The lowest BCUT2D eigenvalue weighted by Crippen LogP contribution is -2.36. The Morgan fingerprint density at radius 1 is 1.06 bits per heavy atom. The van der Waals surface area contributed by atoms with Crippen molar-refractivity contribution in [2.45, 2.75) is 31.6 Å². The zero-order chi connectivity index (χ0) is 23.4. The summed E-state index contributed by atoms with van der Waals surface area (Å²) in [5.41, 5.74) is 7.51. The van der Waals surface area contributed by atoms with Crippen LogP contribution in [0.2, 0.25) is 0 Å². The van der Waals surface area contributed by atoms with Gasteiger partial charge in [-0.25, -0.2) is 14.8 Å². The molecule has 5 N–H and O–H groups in total. The highest BCUT2D eigenvalue weighted by Crippen LogP contribution is 2.30. The fourth-order valence-electron chi connectivity index (χ4n) is 4.52. The van der Waals surface area contributed by atoms with E-state index >= 15 is 0 Å². The first-order valence-electron chi connectivity index (χ1n) is 11.3. The molecule has 1 aromatic heterocycles. The number of aliphatic hydroxyl groups is 1. The standard InChI is InChI=1S/C23H30N6O4/c24-21(31)20-22(27-19(13-25-20)28-9-5-15(14-30)6-10-28)26-18-3-1-16(2-4-18)17-7-11-29(12-8-17)23(32)33/h1-4,13,15,17,30H,5-12,14H2,(H2,24,31)(H,26,27)(H,32,33). The van der Waals surface area contributed by atoms with Crippen molar-refractivity contribution >= 4 is 29.3 Å². The average molecular weight is 455 g/mol. The SMILES string of the molecule is NC(=O)c1ncc(N2CCC(CO)CC2)nc1Nc1ccc(C2CCN(C(=O)O)CC2)cc1. The topological polar surface area (TPSA) is 145 Å². The molecule has 2 aliphatic rings. The Balaban J connectivity index is 1.46. The molecule has 0 saturated carbocycles. The highest BCUT2D eigenvalue weighted by atomic mass is 16.4. The van der Waals surface area contributed by atoms with Crippen LogP contribution in [-0.4, -0.2) is 69.9 Å². The monoisotopic (exact) mass is 454 g/mol. The minimum absolute atomic E-state index is 0.0779. The molecule has 0 aliphatic carbocycles. The average Bonchev–Trinajstić information content (AvgIpc) is 2.84. The van der Waals surface area contributed by atoms with Crippen molar-refractivity contribution in [3.63, 3.8) is 0 Å². The summed E-state index contributed by atoms with van der Waals surface area (Å²) in [5.74, 6) is 0.956. The normalized spacial score (nSPS) is 17.7. The first-order chi connectivity index (χ1) is 15.9. The number of carbonyl (C=O) groups is 2. The van der Waals surface area contributed by atoms with Gasteiger partial charge in [-0.1, -0.05) is 12.1 Å². The van der Waals surface area contributed by atoms with Crippen molar-refractivity contribution in [1.82, 2.24) is 14.9 Å². The first kappa shape index (κ1) is 22.8. The Morgan fingerprint density at radius 2 is 1.73 bits per heavy atom. The first-order valence-corrected chi connectivity index (χ1v) is 11.3. The van der Waals surface area contributed by atoms with Crippen LogP contribution in [-0.2, 0) is 0 Å². The number of likely N-dealkylation sites (tertiary alicyclic amines) is 1. The minimum atomic E-state index is -0.862. The third-order valence-corrected chi connectivity index (χ3v) is 6.60. The molecule has 0 unspecified atom stereocenters. The van der Waals surface area contributed by atoms with E-state index in [0.29, 0.717) is 36.6 Å². The number of nitrogens with one attached hydrogen (secondary N) is 1. The predicted molar refractivity (Wildman–Crippen MR) is 124 cm³/mol. The number of anilines is 3. The number of nitrogens with zero attached hydrogens (tertiary/aromatic N) is 4. The van der Waals surface area contributed by atoms with Gasteiger partial charge < -0.3 is 31.1 Å². The fourth-order valence-corrected chi connectivity index (χ4v) is 4.52. The predicted octanol–water partition coefficient (Wildman–Crippen LogP) is 2.39. The van der Waals surface area contributed by atoms with Crippen molar-refractivity contribution in [2.75, 3.05) is 43.0 Å². The molecular formula is C23H30N6O4. The molecule has 3 heterocycles. The number of primary amides is 1. The lowest BCUT2D eigenvalue weighted by atomic mass is 9.89. The Morgan fingerprint density at radius 3 is 2.30 bits per heavy atom. The number of nitrogens with two attached hydrogens (primary N) is 1. The van der Waals surface area contributed by atoms with E-state index in [1.807, 2.05) is 24.3 Å². The number of rotatable bonds is 6. The molecule has 2 fully saturated rings. The lowest BCUT2D eigenvalue weighted by Gasteiger charge is -2.32. The van der Waals surface area contributed by atoms with Gasteiger partial charge in [-0.3, -0.25) is 4.79 Å². The third-order valence-electron chi connectivity index (χ3n) is 6.60. The van der Waals surface area contributed by atoms with Gasteiger partial charge in [-0.05, 0) is 55.2 Å². The van der Waals surface area contributed by atoms with Crippen molar-refractivity contribution in [3.8, 4) is 0 Å². The van der Waals surface area contributed by atoms with Crippen LogP contribution in [0.5, 0.6) is 0 Å². The van der Waals surface area contributed by atoms with Crippen LogP contribution >= 0.6 is 0 Å². The Kier molecular flexibility index (Phi) is 6.93. The van der Waals surface area contributed by atoms with E-state index in [4.69, 9.17) is 10.8 Å². The molecule has 33 heavy (non-hydrogen) atoms. The van der Waals surface area contributed by atoms with Gasteiger partial charge in [0.2, 0.25) is 0 Å². The Labute approximate surface area is 192 Å². The summed E-state index contributed by atoms with van der Waals surface area (Å²) in [5, 5.41) is 21.7. The third kappa shape index (κ3) is 5.33. The number of carboxylic acid groups (broad SMARTS) is 1. The van der Waals surface area contributed by atoms with Gasteiger partial charge in [-0.2, -0.15) is 0 Å². The highest BCUT2D eigenvalue weighted by Gasteiger charge is 2.24.